The van der Waals surface area contributed by atoms with E-state index in [1.807, 2.05) is 50.2 Å². The predicted octanol–water partition coefficient (Wildman–Crippen LogP) is 2.72. The van der Waals surface area contributed by atoms with Crippen molar-refractivity contribution in [3.8, 4) is 0 Å². The molecule has 132 valence electrons. The first-order chi connectivity index (χ1) is 12.5. The minimum absolute atomic E-state index is 0.0168. The summed E-state index contributed by atoms with van der Waals surface area (Å²) < 4.78 is 5.21. The maximum Gasteiger partial charge on any atom is 0.325 e. The molecule has 0 spiro atoms. The lowest BCUT2D eigenvalue weighted by Crippen LogP contribution is -2.30. The van der Waals surface area contributed by atoms with Crippen molar-refractivity contribution in [1.82, 2.24) is 15.3 Å². The van der Waals surface area contributed by atoms with Gasteiger partial charge in [0.2, 0.25) is 0 Å². The number of amides is 1. The van der Waals surface area contributed by atoms with Gasteiger partial charge in [0, 0.05) is 5.56 Å². The van der Waals surface area contributed by atoms with Gasteiger partial charge in [-0.25, -0.2) is 9.97 Å². The molecule has 3 rings (SSSR count). The van der Waals surface area contributed by atoms with Crippen molar-refractivity contribution in [2.24, 2.45) is 0 Å². The molecule has 0 atom stereocenters. The summed E-state index contributed by atoms with van der Waals surface area (Å²) in [5.41, 5.74) is 4.41. The van der Waals surface area contributed by atoms with Gasteiger partial charge in [-0.3, -0.25) is 9.59 Å². The predicted molar refractivity (Wildman–Crippen MR) is 97.6 cm³/mol. The molecule has 0 radical (unpaired) electrons. The third-order valence-corrected chi connectivity index (χ3v) is 3.92. The SMILES string of the molecule is Cc1ccc(C(=O)NCC(=O)OCc2nc3ccccc3nc2C)cc1. The van der Waals surface area contributed by atoms with E-state index in [1.54, 1.807) is 12.1 Å². The van der Waals surface area contributed by atoms with Crippen molar-refractivity contribution in [3.63, 3.8) is 0 Å². The molecule has 3 aromatic rings. The zero-order valence-electron chi connectivity index (χ0n) is 14.7. The number of carbonyl (C=O) groups excluding carboxylic acids is 2. The van der Waals surface area contributed by atoms with Gasteiger partial charge in [0.05, 0.1) is 22.4 Å². The van der Waals surface area contributed by atoms with Gasteiger partial charge in [0.15, 0.2) is 0 Å². The Morgan fingerprint density at radius 3 is 2.31 bits per heavy atom. The van der Waals surface area contributed by atoms with Gasteiger partial charge in [0.1, 0.15) is 13.2 Å². The van der Waals surface area contributed by atoms with Gasteiger partial charge in [-0.05, 0) is 38.1 Å². The molecule has 1 amide bonds. The molecule has 6 heteroatoms. The van der Waals surface area contributed by atoms with E-state index in [2.05, 4.69) is 15.3 Å². The largest absolute Gasteiger partial charge is 0.458 e. The van der Waals surface area contributed by atoms with Gasteiger partial charge in [0.25, 0.3) is 5.91 Å². The molecule has 2 aromatic carbocycles. The smallest absolute Gasteiger partial charge is 0.325 e. The van der Waals surface area contributed by atoms with Crippen molar-refractivity contribution in [3.05, 3.63) is 71.0 Å². The Balaban J connectivity index is 1.55. The van der Waals surface area contributed by atoms with Crippen LogP contribution in [0.5, 0.6) is 0 Å². The number of aromatic nitrogens is 2. The summed E-state index contributed by atoms with van der Waals surface area (Å²) in [4.78, 5) is 32.8. The van der Waals surface area contributed by atoms with Crippen LogP contribution in [-0.2, 0) is 16.1 Å². The average molecular weight is 349 g/mol. The summed E-state index contributed by atoms with van der Waals surface area (Å²) in [6, 6.07) is 14.6. The highest BCUT2D eigenvalue weighted by molar-refractivity contribution is 5.95. The number of fused-ring (bicyclic) bond motifs is 1. The normalized spacial score (nSPS) is 10.5. The number of para-hydroxylation sites is 2. The lowest BCUT2D eigenvalue weighted by molar-refractivity contribution is -0.143. The quantitative estimate of drug-likeness (QED) is 0.716. The molecule has 0 aliphatic carbocycles. The van der Waals surface area contributed by atoms with Crippen molar-refractivity contribution in [2.45, 2.75) is 20.5 Å². The second kappa shape index (κ2) is 7.74. The van der Waals surface area contributed by atoms with Crippen LogP contribution >= 0.6 is 0 Å². The molecule has 0 fully saturated rings. The number of nitrogens with zero attached hydrogens (tertiary/aromatic N) is 2. The van der Waals surface area contributed by atoms with Crippen LogP contribution in [0.15, 0.2) is 48.5 Å². The Kier molecular flexibility index (Phi) is 5.22. The second-order valence-electron chi connectivity index (χ2n) is 5.95. The summed E-state index contributed by atoms with van der Waals surface area (Å²) in [6.07, 6.45) is 0. The van der Waals surface area contributed by atoms with Crippen LogP contribution in [0.25, 0.3) is 11.0 Å². The summed E-state index contributed by atoms with van der Waals surface area (Å²) in [5, 5.41) is 2.55. The van der Waals surface area contributed by atoms with E-state index in [0.717, 1.165) is 16.6 Å². The number of esters is 1. The third-order valence-electron chi connectivity index (χ3n) is 3.92. The minimum atomic E-state index is -0.528. The molecule has 0 unspecified atom stereocenters. The van der Waals surface area contributed by atoms with Gasteiger partial charge in [-0.2, -0.15) is 0 Å². The molecule has 0 saturated heterocycles. The molecule has 26 heavy (non-hydrogen) atoms. The fourth-order valence-electron chi connectivity index (χ4n) is 2.42. The number of hydrogen-bond donors (Lipinski definition) is 1. The van der Waals surface area contributed by atoms with E-state index in [-0.39, 0.29) is 19.1 Å². The summed E-state index contributed by atoms with van der Waals surface area (Å²) >= 11 is 0. The molecule has 0 aliphatic rings. The van der Waals surface area contributed by atoms with Crippen LogP contribution in [-0.4, -0.2) is 28.4 Å². The summed E-state index contributed by atoms with van der Waals surface area (Å²) in [5.74, 6) is -0.844. The van der Waals surface area contributed by atoms with Crippen molar-refractivity contribution < 1.29 is 14.3 Å². The van der Waals surface area contributed by atoms with E-state index in [9.17, 15) is 9.59 Å². The highest BCUT2D eigenvalue weighted by Crippen LogP contribution is 2.13. The molecule has 1 N–H and O–H groups in total. The van der Waals surface area contributed by atoms with Crippen LogP contribution in [0.4, 0.5) is 0 Å². The Bertz CT molecular complexity index is 952. The van der Waals surface area contributed by atoms with Gasteiger partial charge >= 0.3 is 5.97 Å². The van der Waals surface area contributed by atoms with Crippen LogP contribution in [0, 0.1) is 13.8 Å². The monoisotopic (exact) mass is 349 g/mol. The first-order valence-corrected chi connectivity index (χ1v) is 8.25. The van der Waals surface area contributed by atoms with Crippen LogP contribution in [0.3, 0.4) is 0 Å². The standard InChI is InChI=1S/C20H19N3O3/c1-13-7-9-15(10-8-13)20(25)21-11-19(24)26-12-18-14(2)22-16-5-3-4-6-17(16)23-18/h3-10H,11-12H2,1-2H3,(H,21,25). The average Bonchev–Trinajstić information content (AvgIpc) is 2.65. The number of ether oxygens (including phenoxy) is 1. The topological polar surface area (TPSA) is 81.2 Å². The van der Waals surface area contributed by atoms with Crippen LogP contribution in [0.1, 0.15) is 27.3 Å². The number of rotatable bonds is 5. The zero-order valence-corrected chi connectivity index (χ0v) is 14.7. The van der Waals surface area contributed by atoms with E-state index < -0.39 is 5.97 Å². The lowest BCUT2D eigenvalue weighted by atomic mass is 10.1. The molecule has 1 heterocycles. The van der Waals surface area contributed by atoms with Crippen molar-refractivity contribution >= 4 is 22.9 Å². The number of nitrogens with one attached hydrogen (secondary N) is 1. The maximum absolute atomic E-state index is 12.0. The zero-order chi connectivity index (χ0) is 18.5. The van der Waals surface area contributed by atoms with Crippen molar-refractivity contribution in [2.75, 3.05) is 6.54 Å². The Labute approximate surface area is 151 Å². The fourth-order valence-corrected chi connectivity index (χ4v) is 2.42. The Morgan fingerprint density at radius 1 is 0.962 bits per heavy atom. The lowest BCUT2D eigenvalue weighted by Gasteiger charge is -2.09. The Hall–Kier alpha value is -3.28. The highest BCUT2D eigenvalue weighted by atomic mass is 16.5. The highest BCUT2D eigenvalue weighted by Gasteiger charge is 2.11. The maximum atomic E-state index is 12.0. The third kappa shape index (κ3) is 4.22. The minimum Gasteiger partial charge on any atom is -0.458 e. The summed E-state index contributed by atoms with van der Waals surface area (Å²) in [6.45, 7) is 3.58. The van der Waals surface area contributed by atoms with Crippen LogP contribution in [0.2, 0.25) is 0 Å². The number of hydrogen-bond acceptors (Lipinski definition) is 5. The van der Waals surface area contributed by atoms with Gasteiger partial charge in [-0.15, -0.1) is 0 Å². The van der Waals surface area contributed by atoms with Gasteiger partial charge in [-0.1, -0.05) is 29.8 Å². The Morgan fingerprint density at radius 2 is 1.62 bits per heavy atom. The first-order valence-electron chi connectivity index (χ1n) is 8.25. The molecule has 1 aromatic heterocycles. The van der Waals surface area contributed by atoms with Crippen molar-refractivity contribution in [1.29, 1.82) is 0 Å². The van der Waals surface area contributed by atoms with Gasteiger partial charge < -0.3 is 10.1 Å². The second-order valence-corrected chi connectivity index (χ2v) is 5.95. The van der Waals surface area contributed by atoms with Crippen LogP contribution < -0.4 is 5.32 Å². The molecular formula is C20H19N3O3. The molecule has 6 nitrogen and oxygen atoms in total. The first kappa shape index (κ1) is 17.5. The number of benzene rings is 2. The van der Waals surface area contributed by atoms with E-state index in [0.29, 0.717) is 17.0 Å². The molecule has 0 saturated carbocycles. The summed E-state index contributed by atoms with van der Waals surface area (Å²) in [7, 11) is 0. The fraction of sp³-hybridized carbons (Fsp3) is 0.200. The molecule has 0 bridgehead atoms. The molecular weight excluding hydrogens is 330 g/mol. The van der Waals surface area contributed by atoms with E-state index in [4.69, 9.17) is 4.74 Å². The number of aryl methyl sites for hydroxylation is 2. The number of carbonyl (C=O) groups is 2. The molecule has 0 aliphatic heterocycles. The van der Waals surface area contributed by atoms with E-state index >= 15 is 0 Å². The van der Waals surface area contributed by atoms with E-state index in [1.165, 1.54) is 0 Å².